The Labute approximate surface area is 221 Å². The van der Waals surface area contributed by atoms with Crippen molar-refractivity contribution in [2.75, 3.05) is 4.90 Å². The van der Waals surface area contributed by atoms with Crippen molar-refractivity contribution >= 4 is 70.5 Å². The monoisotopic (exact) mass is 577 g/mol. The third-order valence-electron chi connectivity index (χ3n) is 6.28. The molecule has 6 aromatic carbocycles. The summed E-state index contributed by atoms with van der Waals surface area (Å²) in [5.74, 6) is 0. The molecule has 0 aliphatic carbocycles. The molecule has 0 radical (unpaired) electrons. The molecule has 168 valence electrons. The first-order valence-electron chi connectivity index (χ1n) is 11.5. The molecule has 0 aliphatic rings. The fourth-order valence-corrected chi connectivity index (χ4v) is 5.91. The van der Waals surface area contributed by atoms with Crippen LogP contribution in [-0.2, 0) is 0 Å². The van der Waals surface area contributed by atoms with E-state index in [1.165, 1.54) is 32.7 Å². The Morgan fingerprint density at radius 1 is 0.371 bits per heavy atom. The maximum absolute atomic E-state index is 3.61. The highest BCUT2D eigenvalue weighted by Crippen LogP contribution is 2.38. The molecule has 0 saturated carbocycles. The fourth-order valence-electron chi connectivity index (χ4n) is 4.61. The zero-order valence-electron chi connectivity index (χ0n) is 18.8. The Hall–Kier alpha value is -3.40. The van der Waals surface area contributed by atoms with E-state index in [2.05, 4.69) is 164 Å². The van der Waals surface area contributed by atoms with Crippen molar-refractivity contribution in [2.24, 2.45) is 0 Å². The zero-order valence-corrected chi connectivity index (χ0v) is 22.0. The van der Waals surface area contributed by atoms with Gasteiger partial charge in [0, 0.05) is 26.0 Å². The second-order valence-electron chi connectivity index (χ2n) is 8.61. The summed E-state index contributed by atoms with van der Waals surface area (Å²) < 4.78 is 2.12. The Morgan fingerprint density at radius 3 is 1.63 bits per heavy atom. The van der Waals surface area contributed by atoms with Gasteiger partial charge in [0.05, 0.1) is 0 Å². The minimum atomic E-state index is 1.06. The molecule has 6 aromatic rings. The Bertz CT molecular complexity index is 1650. The van der Waals surface area contributed by atoms with Gasteiger partial charge in [-0.1, -0.05) is 98.6 Å². The average Bonchev–Trinajstić information content (AvgIpc) is 2.88. The minimum Gasteiger partial charge on any atom is -0.310 e. The number of fused-ring (bicyclic) bond motifs is 2. The number of anilines is 3. The predicted octanol–water partition coefficient (Wildman–Crippen LogP) is 10.7. The van der Waals surface area contributed by atoms with E-state index in [4.69, 9.17) is 0 Å². The molecule has 35 heavy (non-hydrogen) atoms. The van der Waals surface area contributed by atoms with Crippen molar-refractivity contribution < 1.29 is 0 Å². The molecule has 0 fully saturated rings. The highest BCUT2D eigenvalue weighted by molar-refractivity contribution is 9.11. The number of hydrogen-bond donors (Lipinski definition) is 0. The van der Waals surface area contributed by atoms with Gasteiger partial charge in [0.1, 0.15) is 0 Å². The molecule has 0 atom stereocenters. The third kappa shape index (κ3) is 4.50. The topological polar surface area (TPSA) is 3.24 Å². The first-order chi connectivity index (χ1) is 17.1. The van der Waals surface area contributed by atoms with Crippen LogP contribution in [0, 0.1) is 0 Å². The van der Waals surface area contributed by atoms with Crippen LogP contribution in [-0.4, -0.2) is 0 Å². The van der Waals surface area contributed by atoms with Crippen LogP contribution in [0.1, 0.15) is 0 Å². The van der Waals surface area contributed by atoms with E-state index in [9.17, 15) is 0 Å². The lowest BCUT2D eigenvalue weighted by atomic mass is 10.0. The summed E-state index contributed by atoms with van der Waals surface area (Å²) in [6.45, 7) is 0. The fraction of sp³-hybridized carbons (Fsp3) is 0. The largest absolute Gasteiger partial charge is 0.310 e. The highest BCUT2D eigenvalue weighted by atomic mass is 79.9. The maximum atomic E-state index is 3.61. The number of hydrogen-bond acceptors (Lipinski definition) is 1. The van der Waals surface area contributed by atoms with Crippen molar-refractivity contribution in [3.8, 4) is 11.1 Å². The van der Waals surface area contributed by atoms with Crippen LogP contribution in [0.4, 0.5) is 17.1 Å². The van der Waals surface area contributed by atoms with Gasteiger partial charge in [-0.05, 0) is 93.3 Å². The van der Waals surface area contributed by atoms with Crippen LogP contribution in [0.3, 0.4) is 0 Å². The van der Waals surface area contributed by atoms with Gasteiger partial charge in [-0.25, -0.2) is 0 Å². The quantitative estimate of drug-likeness (QED) is 0.201. The van der Waals surface area contributed by atoms with Gasteiger partial charge in [0.2, 0.25) is 0 Å². The van der Waals surface area contributed by atoms with E-state index >= 15 is 0 Å². The normalized spacial score (nSPS) is 11.1. The van der Waals surface area contributed by atoms with Gasteiger partial charge in [-0.15, -0.1) is 0 Å². The standard InChI is InChI=1S/C32H21Br2N/c33-28-17-27(18-29(34)21-28)25-10-11-26-20-32(15-13-24(26)16-25)35(30-8-2-1-3-9-30)31-14-12-22-6-4-5-7-23(22)19-31/h1-21H. The second-order valence-corrected chi connectivity index (χ2v) is 10.4. The molecule has 0 spiro atoms. The molecule has 0 bridgehead atoms. The number of rotatable bonds is 4. The Balaban J connectivity index is 1.46. The lowest BCUT2D eigenvalue weighted by Gasteiger charge is -2.26. The first-order valence-corrected chi connectivity index (χ1v) is 13.1. The van der Waals surface area contributed by atoms with E-state index in [-0.39, 0.29) is 0 Å². The van der Waals surface area contributed by atoms with E-state index in [0.717, 1.165) is 26.0 Å². The average molecular weight is 579 g/mol. The van der Waals surface area contributed by atoms with Crippen LogP contribution in [0.2, 0.25) is 0 Å². The van der Waals surface area contributed by atoms with E-state index in [1.807, 2.05) is 0 Å². The zero-order chi connectivity index (χ0) is 23.8. The highest BCUT2D eigenvalue weighted by Gasteiger charge is 2.14. The molecule has 0 saturated heterocycles. The van der Waals surface area contributed by atoms with Crippen molar-refractivity contribution in [3.63, 3.8) is 0 Å². The van der Waals surface area contributed by atoms with E-state index in [0.29, 0.717) is 0 Å². The van der Waals surface area contributed by atoms with Gasteiger partial charge in [-0.2, -0.15) is 0 Å². The Kier molecular flexibility index (Phi) is 5.89. The summed E-state index contributed by atoms with van der Waals surface area (Å²) in [6.07, 6.45) is 0. The molecule has 0 aliphatic heterocycles. The molecular weight excluding hydrogens is 558 g/mol. The van der Waals surface area contributed by atoms with Crippen LogP contribution >= 0.6 is 31.9 Å². The summed E-state index contributed by atoms with van der Waals surface area (Å²) in [5, 5.41) is 4.90. The second kappa shape index (κ2) is 9.33. The summed E-state index contributed by atoms with van der Waals surface area (Å²) in [6, 6.07) is 45.5. The lowest BCUT2D eigenvalue weighted by Crippen LogP contribution is -2.09. The van der Waals surface area contributed by atoms with Crippen molar-refractivity contribution in [1.82, 2.24) is 0 Å². The molecule has 0 heterocycles. The minimum absolute atomic E-state index is 1.06. The number of benzene rings is 6. The number of nitrogens with zero attached hydrogens (tertiary/aromatic N) is 1. The van der Waals surface area contributed by atoms with E-state index < -0.39 is 0 Å². The smallest absolute Gasteiger partial charge is 0.0468 e. The number of para-hydroxylation sites is 1. The predicted molar refractivity (Wildman–Crippen MR) is 157 cm³/mol. The molecule has 0 N–H and O–H groups in total. The molecule has 0 aromatic heterocycles. The Morgan fingerprint density at radius 2 is 0.914 bits per heavy atom. The van der Waals surface area contributed by atoms with Crippen molar-refractivity contribution in [2.45, 2.75) is 0 Å². The first kappa shape index (κ1) is 22.1. The van der Waals surface area contributed by atoms with Gasteiger partial charge < -0.3 is 4.90 Å². The van der Waals surface area contributed by atoms with Gasteiger partial charge >= 0.3 is 0 Å². The van der Waals surface area contributed by atoms with Crippen molar-refractivity contribution in [1.29, 1.82) is 0 Å². The van der Waals surface area contributed by atoms with Gasteiger partial charge in [-0.3, -0.25) is 0 Å². The lowest BCUT2D eigenvalue weighted by molar-refractivity contribution is 1.29. The number of halogens is 2. The SMILES string of the molecule is Brc1cc(Br)cc(-c2ccc3cc(N(c4ccccc4)c4ccc5ccccc5c4)ccc3c2)c1. The maximum Gasteiger partial charge on any atom is 0.0468 e. The summed E-state index contributed by atoms with van der Waals surface area (Å²) in [5.41, 5.74) is 5.79. The van der Waals surface area contributed by atoms with Crippen LogP contribution in [0.25, 0.3) is 32.7 Å². The van der Waals surface area contributed by atoms with E-state index in [1.54, 1.807) is 0 Å². The molecular formula is C32H21Br2N. The summed E-state index contributed by atoms with van der Waals surface area (Å²) in [7, 11) is 0. The molecule has 0 unspecified atom stereocenters. The van der Waals surface area contributed by atoms with Crippen LogP contribution < -0.4 is 4.90 Å². The molecule has 3 heteroatoms. The summed E-state index contributed by atoms with van der Waals surface area (Å²) >= 11 is 7.22. The van der Waals surface area contributed by atoms with Crippen LogP contribution in [0.15, 0.2) is 136 Å². The molecule has 6 rings (SSSR count). The van der Waals surface area contributed by atoms with Gasteiger partial charge in [0.25, 0.3) is 0 Å². The molecule has 0 amide bonds. The van der Waals surface area contributed by atoms with Gasteiger partial charge in [0.15, 0.2) is 0 Å². The van der Waals surface area contributed by atoms with Crippen LogP contribution in [0.5, 0.6) is 0 Å². The third-order valence-corrected chi connectivity index (χ3v) is 7.20. The molecule has 1 nitrogen and oxygen atoms in total. The van der Waals surface area contributed by atoms with Crippen molar-refractivity contribution in [3.05, 3.63) is 136 Å². The summed E-state index contributed by atoms with van der Waals surface area (Å²) in [4.78, 5) is 2.32.